The molecule has 0 aromatic carbocycles. The minimum absolute atomic E-state index is 0.0265. The molecule has 0 spiro atoms. The van der Waals surface area contributed by atoms with Gasteiger partial charge in [-0.15, -0.1) is 0 Å². The van der Waals surface area contributed by atoms with Gasteiger partial charge in [0.2, 0.25) is 0 Å². The maximum Gasteiger partial charge on any atom is 0.306 e. The first-order chi connectivity index (χ1) is 45.5. The molecule has 0 saturated carbocycles. The van der Waals surface area contributed by atoms with Gasteiger partial charge in [-0.2, -0.15) is 0 Å². The van der Waals surface area contributed by atoms with Crippen molar-refractivity contribution in [2.75, 3.05) is 47.5 Å². The predicted octanol–water partition coefficient (Wildman–Crippen LogP) is 26.7. The number of likely N-dealkylation sites (N-methyl/N-ethyl adjacent to an activating group) is 1. The first-order valence-corrected chi connectivity index (χ1v) is 42.7. The van der Waals surface area contributed by atoms with Crippen LogP contribution in [0.5, 0.6) is 0 Å². The lowest BCUT2D eigenvalue weighted by Gasteiger charge is -2.28. The summed E-state index contributed by atoms with van der Waals surface area (Å²) in [5, 5.41) is 0. The average Bonchev–Trinajstić information content (AvgIpc) is 2.30. The fourth-order valence-electron chi connectivity index (χ4n) is 12.6. The molecule has 2 atom stereocenters. The summed E-state index contributed by atoms with van der Waals surface area (Å²) in [6.45, 7) is 4.32. The van der Waals surface area contributed by atoms with Crippen LogP contribution in [0.2, 0.25) is 0 Å². The summed E-state index contributed by atoms with van der Waals surface area (Å²) in [7, 11) is 1.19. The maximum atomic E-state index is 12.9. The van der Waals surface area contributed by atoms with Crippen LogP contribution in [-0.4, -0.2) is 70.0 Å². The Hall–Kier alpha value is -1.77. The smallest absolute Gasteiger partial charge is 0.306 e. The minimum atomic E-state index is -4.64. The molecule has 0 aromatic rings. The molecule has 0 N–H and O–H groups in total. The van der Waals surface area contributed by atoms with Gasteiger partial charge in [0.1, 0.15) is 19.8 Å². The zero-order valence-corrected chi connectivity index (χ0v) is 63.9. The summed E-state index contributed by atoms with van der Waals surface area (Å²) in [6.07, 6.45) is 97.1. The quantitative estimate of drug-likeness (QED) is 0.0195. The summed E-state index contributed by atoms with van der Waals surface area (Å²) in [6, 6.07) is 0. The molecule has 93 heavy (non-hydrogen) atoms. The summed E-state index contributed by atoms with van der Waals surface area (Å²) in [5.41, 5.74) is 0. The minimum Gasteiger partial charge on any atom is -0.756 e. The molecular weight excluding hydrogens is 1170 g/mol. The molecule has 0 heterocycles. The first kappa shape index (κ1) is 91.2. The topological polar surface area (TPSA) is 111 Å². The number of carbonyl (C=O) groups is 2. The number of esters is 2. The van der Waals surface area contributed by atoms with Crippen molar-refractivity contribution >= 4 is 19.8 Å². The SMILES string of the molecule is CCCCCCC/C=C\C/C=C\C/C=C\CCCCCCCCCCCCCCCCCCCCCCCCCCCCC(=O)OC(COC(=O)CCCCCCCCCCCCCCCCCCCCCCCCCCCCCC)COP(=O)([O-])OCC[N+](C)(C)C. The molecule has 0 amide bonds. The standard InChI is InChI=1S/C83H160NO8P/c1-6-8-10-12-14-16-18-20-22-24-26-28-30-32-34-36-37-38-39-40-41-42-43-44-45-46-47-48-50-52-54-56-58-60-62-64-66-68-70-72-74-76-83(86)92-81(80-91-93(87,88)90-78-77-84(3,4)5)79-89-82(85)75-73-71-69-67-65-63-61-59-57-55-53-51-49-35-33-31-29-27-25-23-21-19-17-15-13-11-9-7-2/h18,20,24,26,30,32,81H,6-17,19,21-23,25,27-29,31,33-80H2,1-5H3/b20-18-,26-24-,32-30-. The molecule has 550 valence electrons. The van der Waals surface area contributed by atoms with E-state index in [4.69, 9.17) is 18.5 Å². The van der Waals surface area contributed by atoms with Gasteiger partial charge >= 0.3 is 11.9 Å². The Bertz CT molecular complexity index is 1660. The Morgan fingerprint density at radius 3 is 0.860 bits per heavy atom. The lowest BCUT2D eigenvalue weighted by molar-refractivity contribution is -0.870. The fraction of sp³-hybridized carbons (Fsp3) is 0.904. The van der Waals surface area contributed by atoms with Crippen molar-refractivity contribution in [2.45, 2.75) is 437 Å². The second kappa shape index (κ2) is 74.5. The molecule has 0 bridgehead atoms. The number of carbonyl (C=O) groups excluding carboxylic acids is 2. The van der Waals surface area contributed by atoms with Gasteiger partial charge in [0.25, 0.3) is 7.82 Å². The van der Waals surface area contributed by atoms with Gasteiger partial charge in [-0.25, -0.2) is 0 Å². The Morgan fingerprint density at radius 1 is 0.333 bits per heavy atom. The third-order valence-corrected chi connectivity index (χ3v) is 19.9. The van der Waals surface area contributed by atoms with Gasteiger partial charge in [-0.05, 0) is 51.4 Å². The van der Waals surface area contributed by atoms with E-state index in [0.29, 0.717) is 17.4 Å². The highest BCUT2D eigenvalue weighted by atomic mass is 31.2. The van der Waals surface area contributed by atoms with E-state index >= 15 is 0 Å². The second-order valence-electron chi connectivity index (χ2n) is 29.5. The van der Waals surface area contributed by atoms with Gasteiger partial charge in [0.05, 0.1) is 27.7 Å². The molecule has 0 fully saturated rings. The zero-order chi connectivity index (χ0) is 67.6. The van der Waals surface area contributed by atoms with Crippen LogP contribution < -0.4 is 4.89 Å². The maximum absolute atomic E-state index is 12.9. The van der Waals surface area contributed by atoms with Crippen LogP contribution in [0.25, 0.3) is 0 Å². The third-order valence-electron chi connectivity index (χ3n) is 18.9. The highest BCUT2D eigenvalue weighted by molar-refractivity contribution is 7.45. The second-order valence-corrected chi connectivity index (χ2v) is 30.9. The van der Waals surface area contributed by atoms with Gasteiger partial charge in [0, 0.05) is 12.8 Å². The van der Waals surface area contributed by atoms with E-state index in [1.165, 1.54) is 353 Å². The van der Waals surface area contributed by atoms with Crippen molar-refractivity contribution < 1.29 is 42.1 Å². The lowest BCUT2D eigenvalue weighted by Crippen LogP contribution is -2.37. The average molecular weight is 1330 g/mol. The molecule has 0 aromatic heterocycles. The Morgan fingerprint density at radius 2 is 0.581 bits per heavy atom. The summed E-state index contributed by atoms with van der Waals surface area (Å²) in [5.74, 6) is -0.804. The Kier molecular flexibility index (Phi) is 73.0. The van der Waals surface area contributed by atoms with Gasteiger partial charge < -0.3 is 27.9 Å². The van der Waals surface area contributed by atoms with Crippen molar-refractivity contribution in [3.05, 3.63) is 36.5 Å². The number of nitrogens with zero attached hydrogens (tertiary/aromatic N) is 1. The number of unbranched alkanes of at least 4 members (excludes halogenated alkanes) is 58. The van der Waals surface area contributed by atoms with E-state index in [1.807, 2.05) is 21.1 Å². The molecule has 9 nitrogen and oxygen atoms in total. The number of hydrogen-bond donors (Lipinski definition) is 0. The number of rotatable bonds is 78. The van der Waals surface area contributed by atoms with Crippen LogP contribution in [0.4, 0.5) is 0 Å². The zero-order valence-electron chi connectivity index (χ0n) is 63.0. The molecule has 0 rings (SSSR count). The number of quaternary nitrogens is 1. The number of phosphoric ester groups is 1. The summed E-state index contributed by atoms with van der Waals surface area (Å²) < 4.78 is 34.4. The molecule has 0 saturated heterocycles. The van der Waals surface area contributed by atoms with Crippen LogP contribution in [0.1, 0.15) is 431 Å². The van der Waals surface area contributed by atoms with Crippen LogP contribution >= 0.6 is 7.82 Å². The Balaban J connectivity index is 3.87. The predicted molar refractivity (Wildman–Crippen MR) is 402 cm³/mol. The molecule has 0 aliphatic heterocycles. The first-order valence-electron chi connectivity index (χ1n) is 41.2. The normalized spacial score (nSPS) is 13.1. The number of allylic oxidation sites excluding steroid dienone is 6. The van der Waals surface area contributed by atoms with E-state index < -0.39 is 26.5 Å². The Labute approximate surface area is 580 Å². The van der Waals surface area contributed by atoms with Crippen molar-refractivity contribution in [1.29, 1.82) is 0 Å². The van der Waals surface area contributed by atoms with Crippen LogP contribution in [0, 0.1) is 0 Å². The van der Waals surface area contributed by atoms with E-state index in [9.17, 15) is 19.0 Å². The van der Waals surface area contributed by atoms with E-state index in [1.54, 1.807) is 0 Å². The van der Waals surface area contributed by atoms with Crippen LogP contribution in [-0.2, 0) is 32.7 Å². The number of hydrogen-bond acceptors (Lipinski definition) is 8. The van der Waals surface area contributed by atoms with Crippen molar-refractivity contribution in [1.82, 2.24) is 0 Å². The van der Waals surface area contributed by atoms with Crippen LogP contribution in [0.3, 0.4) is 0 Å². The van der Waals surface area contributed by atoms with Crippen molar-refractivity contribution in [2.24, 2.45) is 0 Å². The van der Waals surface area contributed by atoms with Crippen molar-refractivity contribution in [3.63, 3.8) is 0 Å². The molecule has 0 radical (unpaired) electrons. The van der Waals surface area contributed by atoms with Crippen molar-refractivity contribution in [3.8, 4) is 0 Å². The van der Waals surface area contributed by atoms with E-state index in [2.05, 4.69) is 50.3 Å². The van der Waals surface area contributed by atoms with E-state index in [0.717, 1.165) is 44.9 Å². The van der Waals surface area contributed by atoms with Gasteiger partial charge in [-0.1, -0.05) is 403 Å². The molecular formula is C83H160NO8P. The summed E-state index contributed by atoms with van der Waals surface area (Å²) in [4.78, 5) is 38.2. The van der Waals surface area contributed by atoms with Crippen LogP contribution in [0.15, 0.2) is 36.5 Å². The van der Waals surface area contributed by atoms with Gasteiger partial charge in [0.15, 0.2) is 6.10 Å². The number of phosphoric acid groups is 1. The molecule has 10 heteroatoms. The largest absolute Gasteiger partial charge is 0.756 e. The summed E-state index contributed by atoms with van der Waals surface area (Å²) >= 11 is 0. The van der Waals surface area contributed by atoms with Gasteiger partial charge in [-0.3, -0.25) is 14.2 Å². The third kappa shape index (κ3) is 79.1. The monoisotopic (exact) mass is 1330 g/mol. The molecule has 0 aliphatic rings. The highest BCUT2D eigenvalue weighted by Crippen LogP contribution is 2.38. The molecule has 0 aliphatic carbocycles. The lowest BCUT2D eigenvalue weighted by atomic mass is 10.0. The highest BCUT2D eigenvalue weighted by Gasteiger charge is 2.22. The number of ether oxygens (including phenoxy) is 2. The van der Waals surface area contributed by atoms with E-state index in [-0.39, 0.29) is 32.0 Å². The molecule has 2 unspecified atom stereocenters. The fourth-order valence-corrected chi connectivity index (χ4v) is 13.3.